The molecule has 2 aromatic rings. The fourth-order valence-electron chi connectivity index (χ4n) is 4.11. The van der Waals surface area contributed by atoms with Crippen LogP contribution in [0.4, 0.5) is 13.6 Å². The summed E-state index contributed by atoms with van der Waals surface area (Å²) in [7, 11) is 0. The van der Waals surface area contributed by atoms with Crippen LogP contribution in [-0.2, 0) is 11.2 Å². The Morgan fingerprint density at radius 3 is 2.67 bits per heavy atom. The highest BCUT2D eigenvalue weighted by Crippen LogP contribution is 2.43. The molecule has 174 valence electrons. The summed E-state index contributed by atoms with van der Waals surface area (Å²) in [5.74, 6) is 0.301. The topological polar surface area (TPSA) is 72.9 Å². The number of nitrogens with zero attached hydrogens (tertiary/aromatic N) is 2. The molecular weight excluding hydrogens is 432 g/mol. The number of halogens is 2. The second kappa shape index (κ2) is 8.73. The summed E-state index contributed by atoms with van der Waals surface area (Å²) in [6.45, 7) is 12.2. The second-order valence-corrected chi connectivity index (χ2v) is 7.92. The number of hydrogen-bond acceptors (Lipinski definition) is 5. The van der Waals surface area contributed by atoms with Gasteiger partial charge in [-0.05, 0) is 55.7 Å². The zero-order valence-electron chi connectivity index (χ0n) is 18.4. The van der Waals surface area contributed by atoms with Crippen molar-refractivity contribution in [3.8, 4) is 11.5 Å². The lowest BCUT2D eigenvalue weighted by molar-refractivity contribution is -0.286. The van der Waals surface area contributed by atoms with E-state index in [1.165, 1.54) is 17.0 Å². The fourth-order valence-corrected chi connectivity index (χ4v) is 4.11. The van der Waals surface area contributed by atoms with Crippen LogP contribution in [-0.4, -0.2) is 34.9 Å². The van der Waals surface area contributed by atoms with Crippen molar-refractivity contribution in [1.29, 1.82) is 0 Å². The number of urea groups is 1. The maximum absolute atomic E-state index is 13.3. The van der Waals surface area contributed by atoms with Gasteiger partial charge in [0.15, 0.2) is 11.5 Å². The molecular formula is C24H25F2N3O4. The molecule has 1 saturated heterocycles. The Kier molecular flexibility index (Phi) is 5.97. The van der Waals surface area contributed by atoms with Gasteiger partial charge in [-0.3, -0.25) is 9.88 Å². The number of likely N-dealkylation sites (tertiary alicyclic amines) is 1. The van der Waals surface area contributed by atoms with Gasteiger partial charge in [-0.25, -0.2) is 4.79 Å². The van der Waals surface area contributed by atoms with Gasteiger partial charge < -0.3 is 19.5 Å². The van der Waals surface area contributed by atoms with E-state index in [4.69, 9.17) is 4.74 Å². The van der Waals surface area contributed by atoms with Crippen molar-refractivity contribution in [2.45, 2.75) is 38.6 Å². The van der Waals surface area contributed by atoms with Crippen molar-refractivity contribution in [2.24, 2.45) is 5.92 Å². The lowest BCUT2D eigenvalue weighted by Crippen LogP contribution is -2.60. The van der Waals surface area contributed by atoms with Crippen molar-refractivity contribution in [1.82, 2.24) is 15.2 Å². The smallest absolute Gasteiger partial charge is 0.497 e. The molecule has 0 bridgehead atoms. The number of rotatable bonds is 7. The SMILES string of the molecule is C=C(OCC)[C@@H]1[C@@H](Cc2ccncc2)C(=C)N1C(=O)N[C@H](C)c1ccc2c(c1)OC(F)(F)O2. The third kappa shape index (κ3) is 4.48. The number of aromatic nitrogens is 1. The number of amides is 2. The predicted octanol–water partition coefficient (Wildman–Crippen LogP) is 4.78. The zero-order valence-corrected chi connectivity index (χ0v) is 18.4. The zero-order chi connectivity index (χ0) is 23.8. The normalized spacial score (nSPS) is 21.2. The summed E-state index contributed by atoms with van der Waals surface area (Å²) < 4.78 is 41.2. The van der Waals surface area contributed by atoms with Gasteiger partial charge in [-0.2, -0.15) is 0 Å². The van der Waals surface area contributed by atoms with Crippen LogP contribution in [0.1, 0.15) is 31.0 Å². The van der Waals surface area contributed by atoms with Gasteiger partial charge in [0, 0.05) is 24.0 Å². The van der Waals surface area contributed by atoms with Gasteiger partial charge in [0.2, 0.25) is 0 Å². The molecule has 4 rings (SSSR count). The van der Waals surface area contributed by atoms with Gasteiger partial charge in [-0.1, -0.05) is 19.2 Å². The van der Waals surface area contributed by atoms with E-state index in [0.29, 0.717) is 30.0 Å². The minimum absolute atomic E-state index is 0.0505. The van der Waals surface area contributed by atoms with Gasteiger partial charge in [-0.15, -0.1) is 8.78 Å². The van der Waals surface area contributed by atoms with Crippen LogP contribution in [0, 0.1) is 5.92 Å². The lowest BCUT2D eigenvalue weighted by Gasteiger charge is -2.50. The first kappa shape index (κ1) is 22.6. The van der Waals surface area contributed by atoms with E-state index in [0.717, 1.165) is 5.56 Å². The molecule has 1 fully saturated rings. The van der Waals surface area contributed by atoms with E-state index in [1.807, 2.05) is 19.1 Å². The van der Waals surface area contributed by atoms with Gasteiger partial charge >= 0.3 is 12.3 Å². The number of carbonyl (C=O) groups excluding carboxylic acids is 1. The molecule has 0 radical (unpaired) electrons. The molecule has 7 nitrogen and oxygen atoms in total. The standard InChI is InChI=1S/C24H25F2N3O4/c1-5-31-16(4)22-19(12-17-8-10-27-11-9-17)15(3)29(22)23(30)28-14(2)18-6-7-20-21(13-18)33-24(25,26)32-20/h6-11,13-14,19,22H,3-5,12H2,1-2H3,(H,28,30)/t14-,19+,22-/m1/s1. The summed E-state index contributed by atoms with van der Waals surface area (Å²) >= 11 is 0. The Morgan fingerprint density at radius 1 is 1.27 bits per heavy atom. The van der Waals surface area contributed by atoms with Crippen LogP contribution in [0.5, 0.6) is 11.5 Å². The Hall–Kier alpha value is -3.62. The summed E-state index contributed by atoms with van der Waals surface area (Å²) in [6.07, 6.45) is 0.403. The number of benzene rings is 1. The molecule has 2 amide bonds. The molecule has 2 aliphatic heterocycles. The number of ether oxygens (including phenoxy) is 3. The van der Waals surface area contributed by atoms with E-state index >= 15 is 0 Å². The molecule has 33 heavy (non-hydrogen) atoms. The van der Waals surface area contributed by atoms with Crippen molar-refractivity contribution in [3.63, 3.8) is 0 Å². The van der Waals surface area contributed by atoms with Crippen LogP contribution in [0.15, 0.2) is 67.3 Å². The molecule has 1 N–H and O–H groups in total. The molecule has 2 aliphatic rings. The number of fused-ring (bicyclic) bond motifs is 1. The van der Waals surface area contributed by atoms with E-state index < -0.39 is 12.3 Å². The minimum atomic E-state index is -3.69. The van der Waals surface area contributed by atoms with Crippen molar-refractivity contribution in [2.75, 3.05) is 6.61 Å². The second-order valence-electron chi connectivity index (χ2n) is 7.92. The number of carbonyl (C=O) groups is 1. The monoisotopic (exact) mass is 457 g/mol. The summed E-state index contributed by atoms with van der Waals surface area (Å²) in [5.41, 5.74) is 2.30. The quantitative estimate of drug-likeness (QED) is 0.606. The van der Waals surface area contributed by atoms with E-state index in [1.54, 1.807) is 25.4 Å². The highest BCUT2D eigenvalue weighted by atomic mass is 19.3. The highest BCUT2D eigenvalue weighted by molar-refractivity contribution is 5.79. The van der Waals surface area contributed by atoms with E-state index in [9.17, 15) is 13.6 Å². The Balaban J connectivity index is 1.47. The molecule has 0 spiro atoms. The number of alkyl halides is 2. The Bertz CT molecular complexity index is 1080. The van der Waals surface area contributed by atoms with Crippen LogP contribution < -0.4 is 14.8 Å². The maximum Gasteiger partial charge on any atom is 0.586 e. The van der Waals surface area contributed by atoms with Gasteiger partial charge in [0.1, 0.15) is 11.8 Å². The molecule has 9 heteroatoms. The predicted molar refractivity (Wildman–Crippen MR) is 117 cm³/mol. The van der Waals surface area contributed by atoms with Gasteiger partial charge in [0.25, 0.3) is 0 Å². The van der Waals surface area contributed by atoms with Crippen LogP contribution in [0.3, 0.4) is 0 Å². The van der Waals surface area contributed by atoms with Crippen LogP contribution in [0.2, 0.25) is 0 Å². The van der Waals surface area contributed by atoms with Crippen molar-refractivity contribution < 1.29 is 27.8 Å². The molecule has 1 aromatic heterocycles. The third-order valence-corrected chi connectivity index (χ3v) is 5.75. The number of nitrogens with one attached hydrogen (secondary N) is 1. The first-order valence-electron chi connectivity index (χ1n) is 10.6. The summed E-state index contributed by atoms with van der Waals surface area (Å²) in [6, 6.07) is 7.00. The molecule has 0 saturated carbocycles. The van der Waals surface area contributed by atoms with E-state index in [-0.39, 0.29) is 29.5 Å². The average Bonchev–Trinajstić information content (AvgIpc) is 3.09. The van der Waals surface area contributed by atoms with Gasteiger partial charge in [0.05, 0.1) is 12.6 Å². The third-order valence-electron chi connectivity index (χ3n) is 5.75. The average molecular weight is 457 g/mol. The fraction of sp³-hybridized carbons (Fsp3) is 0.333. The molecule has 3 heterocycles. The maximum atomic E-state index is 13.3. The first-order chi connectivity index (χ1) is 15.7. The lowest BCUT2D eigenvalue weighted by atomic mass is 9.79. The Morgan fingerprint density at radius 2 is 1.97 bits per heavy atom. The largest absolute Gasteiger partial charge is 0.586 e. The summed E-state index contributed by atoms with van der Waals surface area (Å²) in [4.78, 5) is 18.7. The molecule has 3 atom stereocenters. The molecule has 0 unspecified atom stereocenters. The van der Waals surface area contributed by atoms with E-state index in [2.05, 4.69) is 32.9 Å². The summed E-state index contributed by atoms with van der Waals surface area (Å²) in [5, 5.41) is 2.89. The van der Waals surface area contributed by atoms with Crippen molar-refractivity contribution >= 4 is 6.03 Å². The molecule has 0 aliphatic carbocycles. The Labute approximate surface area is 190 Å². The van der Waals surface area contributed by atoms with Crippen LogP contribution in [0.25, 0.3) is 0 Å². The number of hydrogen-bond donors (Lipinski definition) is 1. The van der Waals surface area contributed by atoms with Crippen molar-refractivity contribution in [3.05, 3.63) is 78.5 Å². The minimum Gasteiger partial charge on any atom is -0.497 e. The first-order valence-corrected chi connectivity index (χ1v) is 10.6. The van der Waals surface area contributed by atoms with Crippen LogP contribution >= 0.6 is 0 Å². The number of pyridine rings is 1. The molecule has 1 aromatic carbocycles. The highest BCUT2D eigenvalue weighted by Gasteiger charge is 2.48.